The van der Waals surface area contributed by atoms with Crippen molar-refractivity contribution in [1.82, 2.24) is 0 Å². The van der Waals surface area contributed by atoms with Crippen molar-refractivity contribution in [1.29, 1.82) is 0 Å². The highest BCUT2D eigenvalue weighted by Gasteiger charge is 2.56. The Hall–Kier alpha value is -0.673. The molecule has 29 heavy (non-hydrogen) atoms. The van der Waals surface area contributed by atoms with Gasteiger partial charge in [-0.3, -0.25) is 0 Å². The molecule has 3 fully saturated rings. The van der Waals surface area contributed by atoms with Crippen LogP contribution in [-0.2, 0) is 28.4 Å². The van der Waals surface area contributed by atoms with E-state index in [1.165, 1.54) is 0 Å². The normalized spacial score (nSPS) is 37.0. The van der Waals surface area contributed by atoms with Crippen LogP contribution in [0.25, 0.3) is 0 Å². The molecule has 2 aliphatic heterocycles. The van der Waals surface area contributed by atoms with Gasteiger partial charge in [0.05, 0.1) is 19.3 Å². The summed E-state index contributed by atoms with van der Waals surface area (Å²) in [6.45, 7) is 15.6. The van der Waals surface area contributed by atoms with Crippen LogP contribution in [0.5, 0.6) is 0 Å². The standard InChI is InChI=1S/C21H38O7Si/c1-20(2)26-12-17(28-20)18-15-11-25-19(22)27-16(15)7-8-21(18,3)13-24-14-23-9-10-29(4,5)6/h15-18H,7-14H2,1-6H3/t15-,16+,17-,18-,21-/m0/s1. The first-order chi connectivity index (χ1) is 13.5. The molecule has 0 bridgehead atoms. The van der Waals surface area contributed by atoms with Crippen LogP contribution in [-0.4, -0.2) is 65.4 Å². The highest BCUT2D eigenvalue weighted by molar-refractivity contribution is 6.76. The van der Waals surface area contributed by atoms with Crippen molar-refractivity contribution in [3.63, 3.8) is 0 Å². The van der Waals surface area contributed by atoms with Gasteiger partial charge < -0.3 is 28.4 Å². The van der Waals surface area contributed by atoms with E-state index in [1.54, 1.807) is 0 Å². The molecular formula is C21H38O7Si. The second kappa shape index (κ2) is 8.83. The van der Waals surface area contributed by atoms with Crippen molar-refractivity contribution in [2.45, 2.75) is 77.3 Å². The Labute approximate surface area is 175 Å². The molecule has 168 valence electrons. The first-order valence-corrected chi connectivity index (χ1v) is 14.5. The van der Waals surface area contributed by atoms with Crippen molar-refractivity contribution in [2.75, 3.05) is 33.2 Å². The summed E-state index contributed by atoms with van der Waals surface area (Å²) in [4.78, 5) is 11.6. The number of hydrogen-bond acceptors (Lipinski definition) is 7. The summed E-state index contributed by atoms with van der Waals surface area (Å²) >= 11 is 0. The Morgan fingerprint density at radius 3 is 2.52 bits per heavy atom. The maximum absolute atomic E-state index is 11.6. The monoisotopic (exact) mass is 430 g/mol. The van der Waals surface area contributed by atoms with Crippen LogP contribution in [0.4, 0.5) is 4.79 Å². The van der Waals surface area contributed by atoms with Gasteiger partial charge in [-0.25, -0.2) is 4.79 Å². The summed E-state index contributed by atoms with van der Waals surface area (Å²) in [6.07, 6.45) is 0.920. The highest BCUT2D eigenvalue weighted by atomic mass is 28.3. The maximum Gasteiger partial charge on any atom is 0.508 e. The van der Waals surface area contributed by atoms with E-state index < -0.39 is 20.0 Å². The minimum atomic E-state index is -1.10. The average Bonchev–Trinajstić information content (AvgIpc) is 2.96. The summed E-state index contributed by atoms with van der Waals surface area (Å²) in [5.41, 5.74) is -0.134. The third kappa shape index (κ3) is 5.94. The van der Waals surface area contributed by atoms with Crippen molar-refractivity contribution in [3.05, 3.63) is 0 Å². The minimum absolute atomic E-state index is 0.0744. The van der Waals surface area contributed by atoms with E-state index in [2.05, 4.69) is 26.6 Å². The first kappa shape index (κ1) is 23.0. The average molecular weight is 431 g/mol. The molecule has 5 atom stereocenters. The van der Waals surface area contributed by atoms with Gasteiger partial charge in [-0.2, -0.15) is 0 Å². The number of fused-ring (bicyclic) bond motifs is 1. The Morgan fingerprint density at radius 1 is 1.10 bits per heavy atom. The highest BCUT2D eigenvalue weighted by Crippen LogP contribution is 2.51. The van der Waals surface area contributed by atoms with E-state index in [4.69, 9.17) is 28.4 Å². The maximum atomic E-state index is 11.6. The molecule has 3 rings (SSSR count). The molecule has 0 aromatic heterocycles. The molecule has 0 unspecified atom stereocenters. The second-order valence-corrected chi connectivity index (χ2v) is 16.3. The molecule has 0 radical (unpaired) electrons. The van der Waals surface area contributed by atoms with E-state index in [0.717, 1.165) is 25.5 Å². The van der Waals surface area contributed by atoms with Crippen LogP contribution in [0.15, 0.2) is 0 Å². The third-order valence-electron chi connectivity index (χ3n) is 6.41. The Morgan fingerprint density at radius 2 is 1.86 bits per heavy atom. The number of hydrogen-bond donors (Lipinski definition) is 0. The van der Waals surface area contributed by atoms with Crippen molar-refractivity contribution >= 4 is 14.2 Å². The summed E-state index contributed by atoms with van der Waals surface area (Å²) in [5.74, 6) is -0.422. The van der Waals surface area contributed by atoms with Gasteiger partial charge in [-0.15, -0.1) is 0 Å². The number of ether oxygens (including phenoxy) is 6. The molecule has 1 aliphatic carbocycles. The van der Waals surface area contributed by atoms with E-state index >= 15 is 0 Å². The van der Waals surface area contributed by atoms with Crippen LogP contribution >= 0.6 is 0 Å². The summed E-state index contributed by atoms with van der Waals surface area (Å²) in [7, 11) is -1.10. The Kier molecular flexibility index (Phi) is 7.00. The molecule has 0 amide bonds. The molecule has 2 saturated heterocycles. The zero-order valence-electron chi connectivity index (χ0n) is 18.8. The lowest BCUT2D eigenvalue weighted by Gasteiger charge is -2.51. The largest absolute Gasteiger partial charge is 0.508 e. The summed E-state index contributed by atoms with van der Waals surface area (Å²) < 4.78 is 34.6. The predicted molar refractivity (Wildman–Crippen MR) is 110 cm³/mol. The van der Waals surface area contributed by atoms with Crippen LogP contribution in [0.2, 0.25) is 25.7 Å². The van der Waals surface area contributed by atoms with Gasteiger partial charge in [0.2, 0.25) is 0 Å². The fourth-order valence-electron chi connectivity index (χ4n) is 4.84. The van der Waals surface area contributed by atoms with E-state index in [1.807, 2.05) is 13.8 Å². The van der Waals surface area contributed by atoms with Crippen LogP contribution < -0.4 is 0 Å². The summed E-state index contributed by atoms with van der Waals surface area (Å²) in [5, 5.41) is 0. The lowest BCUT2D eigenvalue weighted by atomic mass is 9.60. The van der Waals surface area contributed by atoms with Gasteiger partial charge in [0.25, 0.3) is 0 Å². The molecule has 0 N–H and O–H groups in total. The lowest BCUT2D eigenvalue weighted by Crippen LogP contribution is -2.56. The van der Waals surface area contributed by atoms with Crippen molar-refractivity contribution in [3.8, 4) is 0 Å². The van der Waals surface area contributed by atoms with Gasteiger partial charge in [0.1, 0.15) is 19.5 Å². The van der Waals surface area contributed by atoms with E-state index in [-0.39, 0.29) is 29.5 Å². The van der Waals surface area contributed by atoms with Crippen LogP contribution in [0.1, 0.15) is 33.6 Å². The van der Waals surface area contributed by atoms with Gasteiger partial charge in [0, 0.05) is 26.5 Å². The second-order valence-electron chi connectivity index (χ2n) is 10.7. The number of carbonyl (C=O) groups excluding carboxylic acids is 1. The fourth-order valence-corrected chi connectivity index (χ4v) is 5.59. The SMILES string of the molecule is CC1(C)OC[C@@H]([C@@H]2[C@H]3COC(=O)O[C@@H]3CC[C@@]2(C)COCOCC[Si](C)(C)C)O1. The molecule has 8 heteroatoms. The smallest absolute Gasteiger partial charge is 0.434 e. The van der Waals surface area contributed by atoms with E-state index in [9.17, 15) is 4.79 Å². The van der Waals surface area contributed by atoms with Gasteiger partial charge in [0.15, 0.2) is 5.79 Å². The first-order valence-electron chi connectivity index (χ1n) is 10.8. The van der Waals surface area contributed by atoms with Crippen molar-refractivity contribution < 1.29 is 33.2 Å². The predicted octanol–water partition coefficient (Wildman–Crippen LogP) is 4.03. The molecule has 0 spiro atoms. The zero-order valence-corrected chi connectivity index (χ0v) is 19.8. The Balaban J connectivity index is 1.62. The third-order valence-corrected chi connectivity index (χ3v) is 8.11. The number of rotatable bonds is 8. The minimum Gasteiger partial charge on any atom is -0.434 e. The van der Waals surface area contributed by atoms with E-state index in [0.29, 0.717) is 26.6 Å². The number of cyclic esters (lactones) is 1. The number of carbonyl (C=O) groups is 1. The Bertz CT molecular complexity index is 576. The molecule has 0 aromatic carbocycles. The molecule has 0 aromatic rings. The molecule has 1 saturated carbocycles. The molecule has 3 aliphatic rings. The zero-order chi connectivity index (χ0) is 21.3. The molecule has 7 nitrogen and oxygen atoms in total. The molecular weight excluding hydrogens is 392 g/mol. The van der Waals surface area contributed by atoms with Gasteiger partial charge in [-0.1, -0.05) is 26.6 Å². The van der Waals surface area contributed by atoms with Crippen LogP contribution in [0.3, 0.4) is 0 Å². The quantitative estimate of drug-likeness (QED) is 0.249. The molecule has 2 heterocycles. The fraction of sp³-hybridized carbons (Fsp3) is 0.952. The van der Waals surface area contributed by atoms with Crippen LogP contribution in [0, 0.1) is 17.3 Å². The van der Waals surface area contributed by atoms with Crippen molar-refractivity contribution in [2.24, 2.45) is 17.3 Å². The topological polar surface area (TPSA) is 72.5 Å². The van der Waals surface area contributed by atoms with Gasteiger partial charge >= 0.3 is 6.16 Å². The van der Waals surface area contributed by atoms with Gasteiger partial charge in [-0.05, 0) is 38.1 Å². The lowest BCUT2D eigenvalue weighted by molar-refractivity contribution is -0.197. The summed E-state index contributed by atoms with van der Waals surface area (Å²) in [6, 6.07) is 1.13.